The minimum atomic E-state index is -0.154. The summed E-state index contributed by atoms with van der Waals surface area (Å²) in [4.78, 5) is 12.3. The maximum atomic E-state index is 9.85. The molecular weight excluding hydrogens is 378 g/mol. The van der Waals surface area contributed by atoms with Crippen LogP contribution in [0, 0.1) is 0 Å². The summed E-state index contributed by atoms with van der Waals surface area (Å²) in [6.07, 6.45) is 4.44. The summed E-state index contributed by atoms with van der Waals surface area (Å²) in [5.74, 6) is 2.67. The number of morpholine rings is 1. The topological polar surface area (TPSA) is 82.5 Å². The molecule has 0 spiro atoms. The second-order valence-corrected chi connectivity index (χ2v) is 8.70. The van der Waals surface area contributed by atoms with E-state index in [1.54, 1.807) is 0 Å². The summed E-state index contributed by atoms with van der Waals surface area (Å²) in [6, 6.07) is 10.9. The molecule has 2 aliphatic heterocycles. The lowest BCUT2D eigenvalue weighted by atomic mass is 9.93. The lowest BCUT2D eigenvalue weighted by molar-refractivity contribution is 0.0364. The van der Waals surface area contributed by atoms with Crippen LogP contribution < -0.4 is 10.6 Å². The summed E-state index contributed by atoms with van der Waals surface area (Å²) in [5, 5.41) is 17.2. The summed E-state index contributed by atoms with van der Waals surface area (Å²) in [5.41, 5.74) is 2.22. The molecule has 1 aromatic heterocycles. The molecule has 1 aliphatic carbocycles. The number of ether oxygens (including phenoxy) is 1. The summed E-state index contributed by atoms with van der Waals surface area (Å²) < 4.78 is 5.49. The van der Waals surface area contributed by atoms with Crippen molar-refractivity contribution in [3.8, 4) is 11.4 Å². The van der Waals surface area contributed by atoms with E-state index in [2.05, 4.69) is 27.7 Å². The van der Waals surface area contributed by atoms with Gasteiger partial charge in [0.2, 0.25) is 0 Å². The first-order valence-electron chi connectivity index (χ1n) is 11.2. The molecule has 1 saturated heterocycles. The maximum Gasteiger partial charge on any atom is 0.163 e. The van der Waals surface area contributed by atoms with Crippen molar-refractivity contribution in [2.75, 3.05) is 43.5 Å². The number of aliphatic hydroxyl groups is 1. The second-order valence-electron chi connectivity index (χ2n) is 8.70. The molecule has 0 amide bonds. The highest BCUT2D eigenvalue weighted by atomic mass is 16.5. The quantitative estimate of drug-likeness (QED) is 0.700. The zero-order valence-electron chi connectivity index (χ0n) is 17.4. The average Bonchev–Trinajstić information content (AvgIpc) is 3.19. The van der Waals surface area contributed by atoms with Crippen molar-refractivity contribution in [2.24, 2.45) is 0 Å². The van der Waals surface area contributed by atoms with E-state index in [1.807, 2.05) is 18.2 Å². The molecule has 160 valence electrons. The zero-order valence-corrected chi connectivity index (χ0v) is 17.4. The van der Waals surface area contributed by atoms with Gasteiger partial charge in [0.25, 0.3) is 0 Å². The number of rotatable bonds is 5. The number of aliphatic hydroxyl groups excluding tert-OH is 1. The van der Waals surface area contributed by atoms with Gasteiger partial charge in [-0.2, -0.15) is 0 Å². The first-order valence-corrected chi connectivity index (χ1v) is 11.2. The van der Waals surface area contributed by atoms with Crippen molar-refractivity contribution in [1.29, 1.82) is 0 Å². The molecule has 1 saturated carbocycles. The zero-order chi connectivity index (χ0) is 20.3. The van der Waals surface area contributed by atoms with Crippen LogP contribution in [0.25, 0.3) is 11.4 Å². The van der Waals surface area contributed by atoms with Crippen molar-refractivity contribution >= 4 is 11.6 Å². The molecule has 5 rings (SSSR count). The van der Waals surface area contributed by atoms with Crippen LogP contribution in [0.4, 0.5) is 11.6 Å². The van der Waals surface area contributed by atoms with Crippen LogP contribution in [0.2, 0.25) is 0 Å². The van der Waals surface area contributed by atoms with Gasteiger partial charge in [0, 0.05) is 49.3 Å². The van der Waals surface area contributed by atoms with E-state index in [-0.39, 0.29) is 6.10 Å². The molecule has 7 heteroatoms. The van der Waals surface area contributed by atoms with Gasteiger partial charge in [0.15, 0.2) is 5.82 Å². The Balaban J connectivity index is 1.39. The van der Waals surface area contributed by atoms with E-state index in [9.17, 15) is 5.11 Å². The Morgan fingerprint density at radius 3 is 2.60 bits per heavy atom. The Labute approximate surface area is 177 Å². The fourth-order valence-electron chi connectivity index (χ4n) is 4.74. The monoisotopic (exact) mass is 409 g/mol. The fourth-order valence-corrected chi connectivity index (χ4v) is 4.74. The van der Waals surface area contributed by atoms with E-state index in [4.69, 9.17) is 14.7 Å². The third-order valence-corrected chi connectivity index (χ3v) is 6.45. The van der Waals surface area contributed by atoms with Crippen molar-refractivity contribution in [3.05, 3.63) is 35.9 Å². The standard InChI is InChI=1S/C23H31N5O2/c29-19-8-6-17(7-9-19)24-22-20-14-18(15-28-10-12-30-13-11-28)25-23(20)27-21(26-22)16-4-2-1-3-5-16/h1-5,17-19,29H,6-15H2,(H2,24,25,26,27). The van der Waals surface area contributed by atoms with Crippen LogP contribution in [0.15, 0.2) is 30.3 Å². The van der Waals surface area contributed by atoms with Crippen LogP contribution in [0.5, 0.6) is 0 Å². The van der Waals surface area contributed by atoms with Gasteiger partial charge in [0.1, 0.15) is 11.6 Å². The number of hydrogen-bond donors (Lipinski definition) is 3. The van der Waals surface area contributed by atoms with Gasteiger partial charge < -0.3 is 20.5 Å². The molecule has 3 N–H and O–H groups in total. The molecule has 3 heterocycles. The normalized spacial score (nSPS) is 26.8. The molecule has 2 aromatic rings. The number of nitrogens with zero attached hydrogens (tertiary/aromatic N) is 3. The molecule has 1 aromatic carbocycles. The molecule has 3 aliphatic rings. The first kappa shape index (κ1) is 19.7. The third-order valence-electron chi connectivity index (χ3n) is 6.45. The Morgan fingerprint density at radius 1 is 1.07 bits per heavy atom. The Morgan fingerprint density at radius 2 is 1.83 bits per heavy atom. The molecular formula is C23H31N5O2. The Hall–Kier alpha value is -2.22. The van der Waals surface area contributed by atoms with Gasteiger partial charge >= 0.3 is 0 Å². The SMILES string of the molecule is OC1CCC(Nc2nc(-c3ccccc3)nc3c2CC(CN2CCOCC2)N3)CC1. The molecule has 7 nitrogen and oxygen atoms in total. The predicted octanol–water partition coefficient (Wildman–Crippen LogP) is 2.53. The highest BCUT2D eigenvalue weighted by molar-refractivity contribution is 5.68. The third kappa shape index (κ3) is 4.43. The first-order chi connectivity index (χ1) is 14.7. The van der Waals surface area contributed by atoms with E-state index in [0.717, 1.165) is 88.0 Å². The van der Waals surface area contributed by atoms with Gasteiger partial charge in [0.05, 0.1) is 19.3 Å². The van der Waals surface area contributed by atoms with Crippen LogP contribution in [-0.2, 0) is 11.2 Å². The van der Waals surface area contributed by atoms with E-state index in [0.29, 0.717) is 12.1 Å². The van der Waals surface area contributed by atoms with E-state index in [1.165, 1.54) is 5.56 Å². The molecule has 30 heavy (non-hydrogen) atoms. The van der Waals surface area contributed by atoms with Gasteiger partial charge in [-0.05, 0) is 25.7 Å². The number of nitrogens with one attached hydrogen (secondary N) is 2. The molecule has 1 atom stereocenters. The van der Waals surface area contributed by atoms with E-state index < -0.39 is 0 Å². The Bertz CT molecular complexity index is 848. The van der Waals surface area contributed by atoms with Crippen molar-refractivity contribution in [1.82, 2.24) is 14.9 Å². The summed E-state index contributed by atoms with van der Waals surface area (Å²) >= 11 is 0. The molecule has 0 radical (unpaired) electrons. The van der Waals surface area contributed by atoms with Gasteiger partial charge in [-0.3, -0.25) is 4.90 Å². The van der Waals surface area contributed by atoms with Crippen molar-refractivity contribution in [2.45, 2.75) is 50.3 Å². The minimum absolute atomic E-state index is 0.154. The number of anilines is 2. The largest absolute Gasteiger partial charge is 0.393 e. The van der Waals surface area contributed by atoms with E-state index >= 15 is 0 Å². The smallest absolute Gasteiger partial charge is 0.163 e. The number of fused-ring (bicyclic) bond motifs is 1. The molecule has 1 unspecified atom stereocenters. The maximum absolute atomic E-state index is 9.85. The number of aromatic nitrogens is 2. The molecule has 0 bridgehead atoms. The fraction of sp³-hybridized carbons (Fsp3) is 0.565. The highest BCUT2D eigenvalue weighted by Crippen LogP contribution is 2.34. The second kappa shape index (κ2) is 8.88. The average molecular weight is 410 g/mol. The van der Waals surface area contributed by atoms with Gasteiger partial charge in [-0.15, -0.1) is 0 Å². The van der Waals surface area contributed by atoms with Crippen LogP contribution in [0.1, 0.15) is 31.2 Å². The van der Waals surface area contributed by atoms with Crippen molar-refractivity contribution in [3.63, 3.8) is 0 Å². The number of benzene rings is 1. The lowest BCUT2D eigenvalue weighted by Crippen LogP contribution is -2.42. The van der Waals surface area contributed by atoms with Gasteiger partial charge in [-0.1, -0.05) is 30.3 Å². The summed E-state index contributed by atoms with van der Waals surface area (Å²) in [6.45, 7) is 4.61. The van der Waals surface area contributed by atoms with Crippen LogP contribution in [-0.4, -0.2) is 71.0 Å². The minimum Gasteiger partial charge on any atom is -0.393 e. The predicted molar refractivity (Wildman–Crippen MR) is 118 cm³/mol. The van der Waals surface area contributed by atoms with Crippen LogP contribution in [0.3, 0.4) is 0 Å². The highest BCUT2D eigenvalue weighted by Gasteiger charge is 2.30. The summed E-state index contributed by atoms with van der Waals surface area (Å²) in [7, 11) is 0. The number of hydrogen-bond acceptors (Lipinski definition) is 7. The van der Waals surface area contributed by atoms with Gasteiger partial charge in [-0.25, -0.2) is 9.97 Å². The van der Waals surface area contributed by atoms with Crippen molar-refractivity contribution < 1.29 is 9.84 Å². The van der Waals surface area contributed by atoms with Crippen LogP contribution >= 0.6 is 0 Å². The molecule has 2 fully saturated rings. The Kier molecular flexibility index (Phi) is 5.84. The lowest BCUT2D eigenvalue weighted by Gasteiger charge is -2.29.